The maximum Gasteiger partial charge on any atom is 0.229 e. The van der Waals surface area contributed by atoms with Gasteiger partial charge in [-0.05, 0) is 0 Å². The zero-order valence-electron chi connectivity index (χ0n) is 3.85. The summed E-state index contributed by atoms with van der Waals surface area (Å²) in [4.78, 5) is 0. The van der Waals surface area contributed by atoms with Gasteiger partial charge in [-0.25, -0.2) is 0 Å². The molecule has 1 aliphatic heterocycles. The minimum Gasteiger partial charge on any atom is -0.613 e. The fourth-order valence-corrected chi connectivity index (χ4v) is 0.680. The molecule has 0 N–H and O–H groups in total. The summed E-state index contributed by atoms with van der Waals surface area (Å²) in [5.41, 5.74) is 0. The second-order valence-corrected chi connectivity index (χ2v) is 2.10. The Labute approximate surface area is 50.5 Å². The molecule has 0 spiro atoms. The molecule has 0 fully saturated rings. The van der Waals surface area contributed by atoms with E-state index in [-0.39, 0.29) is 0 Å². The van der Waals surface area contributed by atoms with E-state index >= 15 is 0 Å². The van der Waals surface area contributed by atoms with Crippen LogP contribution in [0.4, 0.5) is 0 Å². The van der Waals surface area contributed by atoms with Crippen molar-refractivity contribution in [1.82, 2.24) is 0 Å². The highest BCUT2D eigenvalue weighted by molar-refractivity contribution is 7.92. The summed E-state index contributed by atoms with van der Waals surface area (Å²) >= 11 is 0.429. The molecule has 1 rings (SSSR count). The van der Waals surface area contributed by atoms with Gasteiger partial charge in [0.25, 0.3) is 0 Å². The maximum atomic E-state index is 10.3. The first-order valence-corrected chi connectivity index (χ1v) is 2.64. The zero-order chi connectivity index (χ0) is 6.04. The van der Waals surface area contributed by atoms with E-state index in [1.165, 1.54) is 12.3 Å². The average molecular weight is 131 g/mol. The molecule has 0 unspecified atom stereocenters. The van der Waals surface area contributed by atoms with Crippen LogP contribution in [0, 0.1) is 10.4 Å². The normalized spacial score (nSPS) is 23.8. The van der Waals surface area contributed by atoms with Gasteiger partial charge in [0.15, 0.2) is 0 Å². The van der Waals surface area contributed by atoms with E-state index in [9.17, 15) is 10.4 Å². The fraction of sp³-hybridized carbons (Fsp3) is 0. The first-order chi connectivity index (χ1) is 3.71. The van der Waals surface area contributed by atoms with Crippen molar-refractivity contribution < 1.29 is 4.21 Å². The van der Waals surface area contributed by atoms with Gasteiger partial charge < -0.3 is 10.4 Å². The van der Waals surface area contributed by atoms with Gasteiger partial charge in [-0.2, -0.15) is 4.40 Å². The van der Waals surface area contributed by atoms with Crippen LogP contribution in [0.2, 0.25) is 0 Å². The van der Waals surface area contributed by atoms with Crippen molar-refractivity contribution in [2.24, 2.45) is 4.40 Å². The minimum atomic E-state index is -1.71. The summed E-state index contributed by atoms with van der Waals surface area (Å²) in [6.07, 6.45) is 3.70. The van der Waals surface area contributed by atoms with Crippen molar-refractivity contribution in [3.05, 3.63) is 22.7 Å². The van der Waals surface area contributed by atoms with Crippen molar-refractivity contribution >= 4 is 18.3 Å². The molecule has 0 bridgehead atoms. The van der Waals surface area contributed by atoms with Gasteiger partial charge in [0.05, 0.1) is 0 Å². The molecule has 44 valence electrons. The number of hydrogen-bond donors (Lipinski definition) is 0. The van der Waals surface area contributed by atoms with Crippen LogP contribution in [0.3, 0.4) is 0 Å². The molecular weight excluding hydrogens is 128 g/mol. The van der Waals surface area contributed by atoms with E-state index < -0.39 is 4.21 Å². The molecule has 8 heavy (non-hydrogen) atoms. The lowest BCUT2D eigenvalue weighted by atomic mass is 10.7. The van der Waals surface area contributed by atoms with Crippen LogP contribution < -0.4 is 0 Å². The maximum absolute atomic E-state index is 10.3. The number of hydrogen-bond acceptors (Lipinski definition) is 4. The lowest BCUT2D eigenvalue weighted by Gasteiger charge is -2.37. The lowest BCUT2D eigenvalue weighted by Crippen LogP contribution is -2.18. The Hall–Kier alpha value is -0.360. The SMILES string of the molecule is [O-][N+]1([O-])C=CC=NS1. The van der Waals surface area contributed by atoms with Crippen LogP contribution in [0.5, 0.6) is 0 Å². The number of hydroxylamine groups is 2. The largest absolute Gasteiger partial charge is 0.613 e. The highest BCUT2D eigenvalue weighted by Crippen LogP contribution is 2.22. The van der Waals surface area contributed by atoms with Crippen molar-refractivity contribution in [2.75, 3.05) is 0 Å². The molecule has 0 aromatic rings. The Morgan fingerprint density at radius 2 is 2.25 bits per heavy atom. The summed E-state index contributed by atoms with van der Waals surface area (Å²) in [7, 11) is 0. The van der Waals surface area contributed by atoms with Crippen molar-refractivity contribution in [3.8, 4) is 0 Å². The number of quaternary nitrogens is 1. The molecule has 0 amide bonds. The third-order valence-electron chi connectivity index (χ3n) is 0.577. The van der Waals surface area contributed by atoms with Crippen molar-refractivity contribution in [3.63, 3.8) is 0 Å². The van der Waals surface area contributed by atoms with Gasteiger partial charge in [-0.15, -0.1) is 0 Å². The highest BCUT2D eigenvalue weighted by atomic mass is 32.2. The monoisotopic (exact) mass is 131 g/mol. The van der Waals surface area contributed by atoms with Gasteiger partial charge in [-0.1, -0.05) is 0 Å². The topological polar surface area (TPSA) is 58.5 Å². The van der Waals surface area contributed by atoms with E-state index in [0.717, 1.165) is 6.20 Å². The molecular formula is C3H3N2O2S-. The standard InChI is InChI=1S/C3H3N2O2S/c6-5(7)3-1-2-4-8-5/h1-3H/q-1. The van der Waals surface area contributed by atoms with Gasteiger partial charge in [0, 0.05) is 12.3 Å². The van der Waals surface area contributed by atoms with Crippen LogP contribution in [-0.4, -0.2) is 10.4 Å². The first kappa shape index (κ1) is 5.77. The molecule has 0 aromatic heterocycles. The average Bonchev–Trinajstić information content (AvgIpc) is 1.65. The van der Waals surface area contributed by atoms with Crippen LogP contribution in [0.15, 0.2) is 16.7 Å². The van der Waals surface area contributed by atoms with Crippen LogP contribution in [0.1, 0.15) is 0 Å². The van der Waals surface area contributed by atoms with E-state index in [1.807, 2.05) is 0 Å². The van der Waals surface area contributed by atoms with E-state index in [2.05, 4.69) is 4.40 Å². The lowest BCUT2D eigenvalue weighted by molar-refractivity contribution is -0.618. The summed E-state index contributed by atoms with van der Waals surface area (Å²) < 4.78 is 1.67. The van der Waals surface area contributed by atoms with E-state index in [0.29, 0.717) is 12.1 Å². The number of nitrogens with zero attached hydrogens (tertiary/aromatic N) is 2. The second-order valence-electron chi connectivity index (χ2n) is 1.22. The Kier molecular flexibility index (Phi) is 1.35. The Morgan fingerprint density at radius 1 is 1.50 bits per heavy atom. The summed E-state index contributed by atoms with van der Waals surface area (Å²) in [6.45, 7) is 0. The third kappa shape index (κ3) is 1.31. The van der Waals surface area contributed by atoms with Crippen molar-refractivity contribution in [1.29, 1.82) is 0 Å². The molecule has 0 radical (unpaired) electrons. The molecule has 0 saturated heterocycles. The quantitative estimate of drug-likeness (QED) is 0.279. The van der Waals surface area contributed by atoms with E-state index in [4.69, 9.17) is 0 Å². The zero-order valence-corrected chi connectivity index (χ0v) is 4.67. The summed E-state index contributed by atoms with van der Waals surface area (Å²) in [6, 6.07) is 0. The van der Waals surface area contributed by atoms with Crippen molar-refractivity contribution in [2.45, 2.75) is 0 Å². The minimum absolute atomic E-state index is 0.429. The van der Waals surface area contributed by atoms with Gasteiger partial charge in [0.2, 0.25) is 12.1 Å². The van der Waals surface area contributed by atoms with Gasteiger partial charge in [-0.3, -0.25) is 4.21 Å². The van der Waals surface area contributed by atoms with Gasteiger partial charge in [0.1, 0.15) is 6.20 Å². The smallest absolute Gasteiger partial charge is 0.229 e. The number of rotatable bonds is 0. The molecule has 5 heteroatoms. The van der Waals surface area contributed by atoms with Crippen LogP contribution in [0.25, 0.3) is 0 Å². The predicted molar refractivity (Wildman–Crippen MR) is 32.2 cm³/mol. The predicted octanol–water partition coefficient (Wildman–Crippen LogP) is 0.960. The molecule has 0 atom stereocenters. The Morgan fingerprint density at radius 3 is 2.50 bits per heavy atom. The Bertz CT molecular complexity index is 142. The molecule has 0 aromatic carbocycles. The first-order valence-electron chi connectivity index (χ1n) is 1.91. The third-order valence-corrected chi connectivity index (χ3v) is 1.14. The van der Waals surface area contributed by atoms with Crippen LogP contribution in [-0.2, 0) is 0 Å². The molecule has 0 aliphatic carbocycles. The fourth-order valence-electron chi connectivity index (χ4n) is 0.299. The number of allylic oxidation sites excluding steroid dienone is 1. The summed E-state index contributed by atoms with van der Waals surface area (Å²) in [5, 5.41) is 20.5. The van der Waals surface area contributed by atoms with E-state index in [1.54, 1.807) is 0 Å². The summed E-state index contributed by atoms with van der Waals surface area (Å²) in [5.74, 6) is 0. The molecule has 4 nitrogen and oxygen atoms in total. The molecule has 1 aliphatic rings. The Balaban J connectivity index is 2.65. The second kappa shape index (κ2) is 1.87. The molecule has 0 saturated carbocycles. The van der Waals surface area contributed by atoms with Crippen LogP contribution >= 0.6 is 12.1 Å². The van der Waals surface area contributed by atoms with Gasteiger partial charge >= 0.3 is 0 Å². The highest BCUT2D eigenvalue weighted by Gasteiger charge is 2.02. The molecule has 1 heterocycles.